The summed E-state index contributed by atoms with van der Waals surface area (Å²) in [7, 11) is -1.49. The van der Waals surface area contributed by atoms with E-state index in [0.717, 1.165) is 30.2 Å². The first-order valence-electron chi connectivity index (χ1n) is 7.02. The predicted molar refractivity (Wildman–Crippen MR) is 88.9 cm³/mol. The summed E-state index contributed by atoms with van der Waals surface area (Å²) in [6, 6.07) is 9.80. The molecule has 0 radical (unpaired) electrons. The van der Waals surface area contributed by atoms with Crippen LogP contribution in [0.1, 0.15) is 37.7 Å². The second-order valence-electron chi connectivity index (χ2n) is 5.16. The summed E-state index contributed by atoms with van der Waals surface area (Å²) in [6.07, 6.45) is 3.06. The van der Waals surface area contributed by atoms with Crippen LogP contribution < -0.4 is 0 Å². The lowest BCUT2D eigenvalue weighted by Gasteiger charge is -2.20. The summed E-state index contributed by atoms with van der Waals surface area (Å²) in [5.41, 5.74) is 1.07. The molecule has 1 atom stereocenters. The van der Waals surface area contributed by atoms with E-state index in [2.05, 4.69) is 15.9 Å². The standard InChI is InChI=1S/C15H24BrNO2S/c1-14(15-9-5-3-6-10-15)13-20(18,19)17(2)12-8-4-7-11-16/h3,5-6,9-10,14H,4,7-8,11-13H2,1-2H3. The van der Waals surface area contributed by atoms with Crippen molar-refractivity contribution in [3.8, 4) is 0 Å². The second-order valence-corrected chi connectivity index (χ2v) is 8.07. The monoisotopic (exact) mass is 361 g/mol. The first-order valence-corrected chi connectivity index (χ1v) is 9.75. The maximum atomic E-state index is 12.3. The molecule has 0 aromatic heterocycles. The largest absolute Gasteiger partial charge is 0.214 e. The molecule has 0 saturated heterocycles. The van der Waals surface area contributed by atoms with Gasteiger partial charge in [-0.25, -0.2) is 12.7 Å². The molecule has 0 bridgehead atoms. The fourth-order valence-corrected chi connectivity index (χ4v) is 3.95. The van der Waals surface area contributed by atoms with E-state index >= 15 is 0 Å². The Morgan fingerprint density at radius 1 is 1.15 bits per heavy atom. The number of hydrogen-bond donors (Lipinski definition) is 0. The van der Waals surface area contributed by atoms with Gasteiger partial charge in [0.05, 0.1) is 5.75 Å². The smallest absolute Gasteiger partial charge is 0.212 e. The van der Waals surface area contributed by atoms with Gasteiger partial charge in [0.15, 0.2) is 0 Å². The van der Waals surface area contributed by atoms with Crippen molar-refractivity contribution >= 4 is 26.0 Å². The number of unbranched alkanes of at least 4 members (excludes halogenated alkanes) is 2. The van der Waals surface area contributed by atoms with Gasteiger partial charge in [0.2, 0.25) is 10.0 Å². The van der Waals surface area contributed by atoms with Crippen molar-refractivity contribution in [2.24, 2.45) is 0 Å². The van der Waals surface area contributed by atoms with Gasteiger partial charge in [0.1, 0.15) is 0 Å². The molecule has 1 unspecified atom stereocenters. The van der Waals surface area contributed by atoms with Crippen LogP contribution >= 0.6 is 15.9 Å². The summed E-state index contributed by atoms with van der Waals surface area (Å²) >= 11 is 3.38. The molecule has 0 aliphatic rings. The molecular weight excluding hydrogens is 338 g/mol. The van der Waals surface area contributed by atoms with Gasteiger partial charge in [-0.15, -0.1) is 0 Å². The molecule has 1 rings (SSSR count). The van der Waals surface area contributed by atoms with Gasteiger partial charge in [-0.05, 0) is 24.3 Å². The fourth-order valence-electron chi connectivity index (χ4n) is 2.07. The van der Waals surface area contributed by atoms with Crippen molar-refractivity contribution in [3.63, 3.8) is 0 Å². The van der Waals surface area contributed by atoms with E-state index < -0.39 is 10.0 Å². The molecule has 0 aliphatic carbocycles. The minimum Gasteiger partial charge on any atom is -0.212 e. The summed E-state index contributed by atoms with van der Waals surface area (Å²) in [6.45, 7) is 2.57. The maximum Gasteiger partial charge on any atom is 0.214 e. The van der Waals surface area contributed by atoms with E-state index in [-0.39, 0.29) is 11.7 Å². The van der Waals surface area contributed by atoms with Crippen LogP contribution in [0.25, 0.3) is 0 Å². The predicted octanol–water partition coefficient (Wildman–Crippen LogP) is 3.62. The molecule has 20 heavy (non-hydrogen) atoms. The Bertz CT molecular complexity index is 476. The third-order valence-corrected chi connectivity index (χ3v) is 6.03. The Kier molecular flexibility index (Phi) is 7.77. The van der Waals surface area contributed by atoms with Crippen LogP contribution in [0.15, 0.2) is 30.3 Å². The summed E-state index contributed by atoms with van der Waals surface area (Å²) in [5, 5.41) is 0.981. The first kappa shape index (κ1) is 17.7. The molecule has 114 valence electrons. The zero-order valence-corrected chi connectivity index (χ0v) is 14.7. The molecule has 0 amide bonds. The molecule has 5 heteroatoms. The summed E-state index contributed by atoms with van der Waals surface area (Å²) in [4.78, 5) is 0. The van der Waals surface area contributed by atoms with Gasteiger partial charge in [-0.3, -0.25) is 0 Å². The lowest BCUT2D eigenvalue weighted by Crippen LogP contribution is -2.31. The minimum atomic E-state index is -3.17. The molecule has 1 aromatic rings. The Balaban J connectivity index is 2.51. The molecule has 0 aliphatic heterocycles. The normalized spacial score (nSPS) is 13.6. The molecule has 0 N–H and O–H groups in total. The number of rotatable bonds is 9. The SMILES string of the molecule is CC(CS(=O)(=O)N(C)CCCCCBr)c1ccccc1. The van der Waals surface area contributed by atoms with E-state index in [0.29, 0.717) is 6.54 Å². The number of sulfonamides is 1. The fraction of sp³-hybridized carbons (Fsp3) is 0.600. The minimum absolute atomic E-state index is 0.0196. The van der Waals surface area contributed by atoms with Crippen LogP contribution in [0.5, 0.6) is 0 Å². The first-order chi connectivity index (χ1) is 9.47. The highest BCUT2D eigenvalue weighted by Crippen LogP contribution is 2.18. The van der Waals surface area contributed by atoms with Gasteiger partial charge in [0, 0.05) is 18.9 Å². The average Bonchev–Trinajstić information content (AvgIpc) is 2.43. The summed E-state index contributed by atoms with van der Waals surface area (Å²) < 4.78 is 26.1. The van der Waals surface area contributed by atoms with Crippen LogP contribution in [0.3, 0.4) is 0 Å². The van der Waals surface area contributed by atoms with E-state index in [4.69, 9.17) is 0 Å². The Hall–Kier alpha value is -0.390. The van der Waals surface area contributed by atoms with E-state index in [1.165, 1.54) is 4.31 Å². The number of benzene rings is 1. The second kappa shape index (κ2) is 8.80. The van der Waals surface area contributed by atoms with Crippen molar-refractivity contribution in [2.45, 2.75) is 32.1 Å². The third kappa shape index (κ3) is 5.94. The maximum absolute atomic E-state index is 12.3. The van der Waals surface area contributed by atoms with Gasteiger partial charge in [-0.1, -0.05) is 59.6 Å². The molecule has 0 spiro atoms. The lowest BCUT2D eigenvalue weighted by atomic mass is 10.0. The van der Waals surface area contributed by atoms with Crippen LogP contribution in [-0.4, -0.2) is 37.4 Å². The highest BCUT2D eigenvalue weighted by Gasteiger charge is 2.21. The Morgan fingerprint density at radius 3 is 2.40 bits per heavy atom. The summed E-state index contributed by atoms with van der Waals surface area (Å²) in [5.74, 6) is 0.192. The number of alkyl halides is 1. The zero-order valence-electron chi connectivity index (χ0n) is 12.3. The molecule has 1 aromatic carbocycles. The Morgan fingerprint density at radius 2 is 1.80 bits per heavy atom. The highest BCUT2D eigenvalue weighted by molar-refractivity contribution is 9.09. The van der Waals surface area contributed by atoms with Crippen LogP contribution in [0.2, 0.25) is 0 Å². The zero-order chi connectivity index (χ0) is 15.0. The van der Waals surface area contributed by atoms with Crippen LogP contribution in [-0.2, 0) is 10.0 Å². The van der Waals surface area contributed by atoms with Crippen molar-refractivity contribution in [1.82, 2.24) is 4.31 Å². The number of halogens is 1. The van der Waals surface area contributed by atoms with Gasteiger partial charge in [-0.2, -0.15) is 0 Å². The third-order valence-electron chi connectivity index (χ3n) is 3.41. The van der Waals surface area contributed by atoms with E-state index in [9.17, 15) is 8.42 Å². The molecule has 3 nitrogen and oxygen atoms in total. The number of nitrogens with zero attached hydrogens (tertiary/aromatic N) is 1. The quantitative estimate of drug-likeness (QED) is 0.497. The van der Waals surface area contributed by atoms with Gasteiger partial charge in [0.25, 0.3) is 0 Å². The molecule has 0 heterocycles. The van der Waals surface area contributed by atoms with E-state index in [1.54, 1.807) is 7.05 Å². The average molecular weight is 362 g/mol. The van der Waals surface area contributed by atoms with Gasteiger partial charge >= 0.3 is 0 Å². The van der Waals surface area contributed by atoms with Crippen molar-refractivity contribution in [1.29, 1.82) is 0 Å². The molecule has 0 saturated carbocycles. The van der Waals surface area contributed by atoms with Crippen LogP contribution in [0.4, 0.5) is 0 Å². The van der Waals surface area contributed by atoms with Gasteiger partial charge < -0.3 is 0 Å². The number of hydrogen-bond acceptors (Lipinski definition) is 2. The van der Waals surface area contributed by atoms with Crippen molar-refractivity contribution in [3.05, 3.63) is 35.9 Å². The molecule has 0 fully saturated rings. The van der Waals surface area contributed by atoms with E-state index in [1.807, 2.05) is 37.3 Å². The van der Waals surface area contributed by atoms with Crippen LogP contribution in [0, 0.1) is 0 Å². The van der Waals surface area contributed by atoms with Crippen molar-refractivity contribution < 1.29 is 8.42 Å². The molecular formula is C15H24BrNO2S. The Labute approximate surface area is 131 Å². The lowest BCUT2D eigenvalue weighted by molar-refractivity contribution is 0.452. The topological polar surface area (TPSA) is 37.4 Å². The highest BCUT2D eigenvalue weighted by atomic mass is 79.9. The van der Waals surface area contributed by atoms with Crippen molar-refractivity contribution in [2.75, 3.05) is 24.7 Å².